The predicted molar refractivity (Wildman–Crippen MR) is 67.4 cm³/mol. The molecule has 106 valence electrons. The average molecular weight is 273 g/mol. The molecule has 0 unspecified atom stereocenters. The second kappa shape index (κ2) is 5.36. The van der Waals surface area contributed by atoms with Crippen molar-refractivity contribution in [2.75, 3.05) is 32.0 Å². The standard InChI is InChI=1S/C13H18F3N3/c1-13(3-5-19(2)6-4-13)8-17-12-10(15)7-9(14)11(16)18-12/h7H,3-6,8H2,1-2H3,(H,17,18). The van der Waals surface area contributed by atoms with Gasteiger partial charge in [-0.15, -0.1) is 0 Å². The zero-order valence-electron chi connectivity index (χ0n) is 11.1. The van der Waals surface area contributed by atoms with Gasteiger partial charge in [0, 0.05) is 12.6 Å². The lowest BCUT2D eigenvalue weighted by atomic mass is 9.80. The van der Waals surface area contributed by atoms with Crippen molar-refractivity contribution >= 4 is 5.82 Å². The van der Waals surface area contributed by atoms with Gasteiger partial charge in [0.2, 0.25) is 0 Å². The van der Waals surface area contributed by atoms with E-state index in [1.165, 1.54) is 0 Å². The molecule has 0 aliphatic carbocycles. The smallest absolute Gasteiger partial charge is 0.251 e. The molecule has 3 nitrogen and oxygen atoms in total. The Balaban J connectivity index is 2.01. The van der Waals surface area contributed by atoms with Gasteiger partial charge in [0.15, 0.2) is 17.5 Å². The number of anilines is 1. The van der Waals surface area contributed by atoms with Crippen molar-refractivity contribution in [3.8, 4) is 0 Å². The Morgan fingerprint density at radius 1 is 1.26 bits per heavy atom. The molecule has 2 rings (SSSR count). The van der Waals surface area contributed by atoms with E-state index in [9.17, 15) is 13.2 Å². The summed E-state index contributed by atoms with van der Waals surface area (Å²) in [5, 5.41) is 2.79. The quantitative estimate of drug-likeness (QED) is 0.858. The summed E-state index contributed by atoms with van der Waals surface area (Å²) in [7, 11) is 2.06. The van der Waals surface area contributed by atoms with Crippen LogP contribution in [0, 0.1) is 23.0 Å². The van der Waals surface area contributed by atoms with Crippen molar-refractivity contribution < 1.29 is 13.2 Å². The van der Waals surface area contributed by atoms with Crippen LogP contribution in [0.1, 0.15) is 19.8 Å². The highest BCUT2D eigenvalue weighted by molar-refractivity contribution is 5.36. The van der Waals surface area contributed by atoms with Crippen molar-refractivity contribution in [3.05, 3.63) is 23.6 Å². The summed E-state index contributed by atoms with van der Waals surface area (Å²) in [6, 6.07) is 0.516. The fraction of sp³-hybridized carbons (Fsp3) is 0.615. The van der Waals surface area contributed by atoms with Gasteiger partial charge in [-0.2, -0.15) is 9.37 Å². The molecule has 1 aromatic rings. The van der Waals surface area contributed by atoms with Gasteiger partial charge in [0.05, 0.1) is 0 Å². The Morgan fingerprint density at radius 3 is 2.53 bits per heavy atom. The highest BCUT2D eigenvalue weighted by Crippen LogP contribution is 2.30. The van der Waals surface area contributed by atoms with Crippen LogP contribution in [0.25, 0.3) is 0 Å². The second-order valence-electron chi connectivity index (χ2n) is 5.56. The number of rotatable bonds is 3. The minimum absolute atomic E-state index is 0.0193. The molecule has 1 N–H and O–H groups in total. The van der Waals surface area contributed by atoms with E-state index in [0.29, 0.717) is 12.6 Å². The Labute approximate surface area is 110 Å². The van der Waals surface area contributed by atoms with Crippen LogP contribution in [0.2, 0.25) is 0 Å². The first-order valence-corrected chi connectivity index (χ1v) is 6.34. The Bertz CT molecular complexity index is 457. The van der Waals surface area contributed by atoms with E-state index in [1.807, 2.05) is 0 Å². The van der Waals surface area contributed by atoms with Gasteiger partial charge in [-0.3, -0.25) is 0 Å². The van der Waals surface area contributed by atoms with E-state index in [-0.39, 0.29) is 11.2 Å². The molecule has 0 radical (unpaired) electrons. The summed E-state index contributed by atoms with van der Waals surface area (Å²) in [4.78, 5) is 5.50. The van der Waals surface area contributed by atoms with Crippen LogP contribution in [0.3, 0.4) is 0 Å². The predicted octanol–water partition coefficient (Wildman–Crippen LogP) is 2.64. The van der Waals surface area contributed by atoms with Crippen molar-refractivity contribution in [2.45, 2.75) is 19.8 Å². The maximum atomic E-state index is 13.4. The SMILES string of the molecule is CN1CCC(C)(CNc2nc(F)c(F)cc2F)CC1. The Morgan fingerprint density at radius 2 is 1.89 bits per heavy atom. The number of nitrogens with one attached hydrogen (secondary N) is 1. The normalized spacial score (nSPS) is 19.4. The van der Waals surface area contributed by atoms with E-state index in [2.05, 4.69) is 29.2 Å². The number of hydrogen-bond donors (Lipinski definition) is 1. The van der Waals surface area contributed by atoms with Crippen molar-refractivity contribution in [1.82, 2.24) is 9.88 Å². The van der Waals surface area contributed by atoms with E-state index < -0.39 is 17.6 Å². The van der Waals surface area contributed by atoms with Crippen LogP contribution >= 0.6 is 0 Å². The van der Waals surface area contributed by atoms with E-state index in [4.69, 9.17) is 0 Å². The minimum atomic E-state index is -1.28. The highest BCUT2D eigenvalue weighted by atomic mass is 19.2. The average Bonchev–Trinajstić information content (AvgIpc) is 2.36. The Kier molecular flexibility index (Phi) is 3.99. The first-order chi connectivity index (χ1) is 8.89. The number of nitrogens with zero attached hydrogens (tertiary/aromatic N) is 2. The molecule has 0 atom stereocenters. The fourth-order valence-electron chi connectivity index (χ4n) is 2.20. The lowest BCUT2D eigenvalue weighted by Gasteiger charge is -2.38. The van der Waals surface area contributed by atoms with Crippen molar-refractivity contribution in [3.63, 3.8) is 0 Å². The first kappa shape index (κ1) is 14.1. The topological polar surface area (TPSA) is 28.2 Å². The van der Waals surface area contributed by atoms with Gasteiger partial charge < -0.3 is 10.2 Å². The molecule has 19 heavy (non-hydrogen) atoms. The largest absolute Gasteiger partial charge is 0.367 e. The van der Waals surface area contributed by atoms with Crippen LogP contribution in [0.4, 0.5) is 19.0 Å². The molecule has 2 heterocycles. The number of likely N-dealkylation sites (tertiary alicyclic amines) is 1. The number of pyridine rings is 1. The van der Waals surface area contributed by atoms with Crippen LogP contribution in [-0.2, 0) is 0 Å². The first-order valence-electron chi connectivity index (χ1n) is 6.34. The lowest BCUT2D eigenvalue weighted by Crippen LogP contribution is -2.40. The van der Waals surface area contributed by atoms with E-state index in [1.54, 1.807) is 0 Å². The molecule has 1 aliphatic rings. The van der Waals surface area contributed by atoms with Crippen LogP contribution in [0.5, 0.6) is 0 Å². The van der Waals surface area contributed by atoms with Crippen molar-refractivity contribution in [2.24, 2.45) is 5.41 Å². The summed E-state index contributed by atoms with van der Waals surface area (Å²) >= 11 is 0. The third-order valence-corrected chi connectivity index (χ3v) is 3.76. The third-order valence-electron chi connectivity index (χ3n) is 3.76. The zero-order valence-corrected chi connectivity index (χ0v) is 11.1. The van der Waals surface area contributed by atoms with Gasteiger partial charge in [-0.05, 0) is 38.4 Å². The monoisotopic (exact) mass is 273 g/mol. The maximum absolute atomic E-state index is 13.4. The van der Waals surface area contributed by atoms with Gasteiger partial charge in [0.25, 0.3) is 5.95 Å². The molecule has 1 aliphatic heterocycles. The molecule has 0 saturated carbocycles. The minimum Gasteiger partial charge on any atom is -0.367 e. The summed E-state index contributed by atoms with van der Waals surface area (Å²) < 4.78 is 39.2. The van der Waals surface area contributed by atoms with Gasteiger partial charge in [-0.25, -0.2) is 8.78 Å². The lowest BCUT2D eigenvalue weighted by molar-refractivity contribution is 0.150. The number of piperidine rings is 1. The molecule has 1 saturated heterocycles. The van der Waals surface area contributed by atoms with E-state index in [0.717, 1.165) is 25.9 Å². The molecule has 0 bridgehead atoms. The van der Waals surface area contributed by atoms with Gasteiger partial charge in [0.1, 0.15) is 0 Å². The van der Waals surface area contributed by atoms with Crippen LogP contribution in [-0.4, -0.2) is 36.6 Å². The highest BCUT2D eigenvalue weighted by Gasteiger charge is 2.29. The summed E-state index contributed by atoms with van der Waals surface area (Å²) in [6.07, 6.45) is 1.95. The Hall–Kier alpha value is -1.30. The molecule has 0 spiro atoms. The van der Waals surface area contributed by atoms with Crippen molar-refractivity contribution in [1.29, 1.82) is 0 Å². The molecular formula is C13H18F3N3. The van der Waals surface area contributed by atoms with Crippen LogP contribution in [0.15, 0.2) is 6.07 Å². The molecule has 1 fully saturated rings. The number of halogens is 3. The second-order valence-corrected chi connectivity index (χ2v) is 5.56. The summed E-state index contributed by atoms with van der Waals surface area (Å²) in [5.74, 6) is -3.64. The summed E-state index contributed by atoms with van der Waals surface area (Å²) in [6.45, 7) is 4.55. The summed E-state index contributed by atoms with van der Waals surface area (Å²) in [5.41, 5.74) is 0.0193. The number of hydrogen-bond acceptors (Lipinski definition) is 3. The third kappa shape index (κ3) is 3.37. The van der Waals surface area contributed by atoms with E-state index >= 15 is 0 Å². The molecular weight excluding hydrogens is 255 g/mol. The molecule has 0 aromatic carbocycles. The van der Waals surface area contributed by atoms with Crippen LogP contribution < -0.4 is 5.32 Å². The molecule has 6 heteroatoms. The maximum Gasteiger partial charge on any atom is 0.251 e. The molecule has 0 amide bonds. The number of aromatic nitrogens is 1. The van der Waals surface area contributed by atoms with Gasteiger partial charge in [-0.1, -0.05) is 6.92 Å². The van der Waals surface area contributed by atoms with Gasteiger partial charge >= 0.3 is 0 Å². The zero-order chi connectivity index (χ0) is 14.0. The molecule has 1 aromatic heterocycles. The fourth-order valence-corrected chi connectivity index (χ4v) is 2.20.